The van der Waals surface area contributed by atoms with Crippen LogP contribution in [0.3, 0.4) is 0 Å². The van der Waals surface area contributed by atoms with Crippen LogP contribution in [0.4, 0.5) is 0 Å². The standard InChI is InChI=1S/C24H47NO2Si/c1-11-14-20(4)16-17-22(27-28(9,10)24(6,7)8)21(5)23(26)25-18-13-15-19(3)12-2/h11-12,19-22H,1-2,13-18H2,3-10H3,(H,25,26)/t19-,20+,21+,22-/m0/s1. The molecule has 0 saturated heterocycles. The average Bonchev–Trinajstić information content (AvgIpc) is 2.60. The van der Waals surface area contributed by atoms with E-state index in [1.54, 1.807) is 0 Å². The van der Waals surface area contributed by atoms with Crippen LogP contribution >= 0.6 is 0 Å². The summed E-state index contributed by atoms with van der Waals surface area (Å²) in [6.45, 7) is 26.1. The number of allylic oxidation sites excluding steroid dienone is 2. The van der Waals surface area contributed by atoms with Crippen LogP contribution in [0.1, 0.15) is 73.6 Å². The Kier molecular flexibility index (Phi) is 12.2. The Hall–Kier alpha value is -0.873. The molecule has 0 radical (unpaired) electrons. The number of amides is 1. The predicted molar refractivity (Wildman–Crippen MR) is 126 cm³/mol. The highest BCUT2D eigenvalue weighted by atomic mass is 28.4. The molecule has 0 aliphatic heterocycles. The molecule has 0 spiro atoms. The summed E-state index contributed by atoms with van der Waals surface area (Å²) in [6.07, 6.45) is 8.95. The van der Waals surface area contributed by atoms with Crippen LogP contribution in [0.25, 0.3) is 0 Å². The van der Waals surface area contributed by atoms with Crippen LogP contribution in [-0.4, -0.2) is 26.9 Å². The highest BCUT2D eigenvalue weighted by molar-refractivity contribution is 6.74. The van der Waals surface area contributed by atoms with Gasteiger partial charge >= 0.3 is 0 Å². The zero-order chi connectivity index (χ0) is 22.0. The van der Waals surface area contributed by atoms with Crippen molar-refractivity contribution in [1.82, 2.24) is 5.32 Å². The van der Waals surface area contributed by atoms with E-state index in [2.05, 4.69) is 66.2 Å². The lowest BCUT2D eigenvalue weighted by Crippen LogP contribution is -2.48. The van der Waals surface area contributed by atoms with Crippen molar-refractivity contribution in [2.45, 2.75) is 97.9 Å². The largest absolute Gasteiger partial charge is 0.413 e. The van der Waals surface area contributed by atoms with Gasteiger partial charge in [0.25, 0.3) is 0 Å². The highest BCUT2D eigenvalue weighted by Crippen LogP contribution is 2.39. The lowest BCUT2D eigenvalue weighted by Gasteiger charge is -2.41. The van der Waals surface area contributed by atoms with Gasteiger partial charge in [0.05, 0.1) is 12.0 Å². The summed E-state index contributed by atoms with van der Waals surface area (Å²) in [6, 6.07) is 0. The predicted octanol–water partition coefficient (Wildman–Crippen LogP) is 6.72. The summed E-state index contributed by atoms with van der Waals surface area (Å²) in [7, 11) is -1.94. The summed E-state index contributed by atoms with van der Waals surface area (Å²) in [5.74, 6) is 1.04. The van der Waals surface area contributed by atoms with E-state index in [1.807, 2.05) is 19.1 Å². The molecule has 164 valence electrons. The summed E-state index contributed by atoms with van der Waals surface area (Å²) in [4.78, 5) is 12.8. The molecular weight excluding hydrogens is 362 g/mol. The third-order valence-electron chi connectivity index (χ3n) is 6.27. The number of hydrogen-bond acceptors (Lipinski definition) is 2. The molecule has 0 unspecified atom stereocenters. The van der Waals surface area contributed by atoms with Gasteiger partial charge in [-0.05, 0) is 62.1 Å². The van der Waals surface area contributed by atoms with Crippen molar-refractivity contribution in [3.8, 4) is 0 Å². The van der Waals surface area contributed by atoms with E-state index in [-0.39, 0.29) is 23.0 Å². The van der Waals surface area contributed by atoms with Gasteiger partial charge in [-0.3, -0.25) is 4.79 Å². The minimum atomic E-state index is -1.94. The Bertz CT molecular complexity index is 481. The second-order valence-corrected chi connectivity index (χ2v) is 14.8. The topological polar surface area (TPSA) is 38.3 Å². The van der Waals surface area contributed by atoms with Crippen molar-refractivity contribution in [1.29, 1.82) is 0 Å². The van der Waals surface area contributed by atoms with Crippen molar-refractivity contribution in [3.63, 3.8) is 0 Å². The molecule has 0 aromatic carbocycles. The van der Waals surface area contributed by atoms with Crippen LogP contribution in [0.15, 0.2) is 25.3 Å². The first-order valence-electron chi connectivity index (χ1n) is 11.0. The Morgan fingerprint density at radius 1 is 1.11 bits per heavy atom. The fourth-order valence-corrected chi connectivity index (χ4v) is 4.33. The number of rotatable bonds is 14. The number of nitrogens with one attached hydrogen (secondary N) is 1. The summed E-state index contributed by atoms with van der Waals surface area (Å²) < 4.78 is 6.71. The van der Waals surface area contributed by atoms with Crippen LogP contribution in [0.2, 0.25) is 18.1 Å². The smallest absolute Gasteiger partial charge is 0.225 e. The summed E-state index contributed by atoms with van der Waals surface area (Å²) in [5.41, 5.74) is 0. The summed E-state index contributed by atoms with van der Waals surface area (Å²) >= 11 is 0. The maximum atomic E-state index is 12.8. The van der Waals surface area contributed by atoms with Gasteiger partial charge in [0.1, 0.15) is 0 Å². The molecule has 0 heterocycles. The number of carbonyl (C=O) groups is 1. The Labute approximate surface area is 176 Å². The fourth-order valence-electron chi connectivity index (χ4n) is 2.90. The molecule has 0 aromatic heterocycles. The van der Waals surface area contributed by atoms with E-state index in [9.17, 15) is 4.79 Å². The Morgan fingerprint density at radius 3 is 2.21 bits per heavy atom. The molecule has 4 heteroatoms. The molecule has 1 amide bonds. The molecular formula is C24H47NO2Si. The Balaban J connectivity index is 4.97. The van der Waals surface area contributed by atoms with Crippen molar-refractivity contribution in [3.05, 3.63) is 25.3 Å². The van der Waals surface area contributed by atoms with Crippen molar-refractivity contribution < 1.29 is 9.22 Å². The normalized spacial score (nSPS) is 16.7. The van der Waals surface area contributed by atoms with Gasteiger partial charge < -0.3 is 9.74 Å². The van der Waals surface area contributed by atoms with E-state index in [0.29, 0.717) is 11.8 Å². The van der Waals surface area contributed by atoms with E-state index in [1.165, 1.54) is 0 Å². The monoisotopic (exact) mass is 409 g/mol. The molecule has 0 fully saturated rings. The van der Waals surface area contributed by atoms with Crippen LogP contribution in [0, 0.1) is 17.8 Å². The quantitative estimate of drug-likeness (QED) is 0.196. The van der Waals surface area contributed by atoms with Gasteiger partial charge in [0.15, 0.2) is 8.32 Å². The molecule has 0 saturated carbocycles. The minimum absolute atomic E-state index is 0.0275. The van der Waals surface area contributed by atoms with E-state index in [4.69, 9.17) is 4.43 Å². The fraction of sp³-hybridized carbons (Fsp3) is 0.792. The lowest BCUT2D eigenvalue weighted by atomic mass is 9.93. The highest BCUT2D eigenvalue weighted by Gasteiger charge is 2.41. The third-order valence-corrected chi connectivity index (χ3v) is 10.8. The number of hydrogen-bond donors (Lipinski definition) is 1. The SMILES string of the molecule is C=CC[C@@H](C)CC[C@H](O[Si](C)(C)C(C)(C)C)[C@@H](C)C(=O)NCCC[C@@H](C)C=C. The molecule has 0 rings (SSSR count). The average molecular weight is 410 g/mol. The van der Waals surface area contributed by atoms with Crippen molar-refractivity contribution in [2.24, 2.45) is 17.8 Å². The first-order valence-corrected chi connectivity index (χ1v) is 14.0. The van der Waals surface area contributed by atoms with Gasteiger partial charge in [-0.25, -0.2) is 0 Å². The molecule has 0 aliphatic rings. The Morgan fingerprint density at radius 2 is 1.71 bits per heavy atom. The molecule has 3 nitrogen and oxygen atoms in total. The maximum Gasteiger partial charge on any atom is 0.225 e. The zero-order valence-electron chi connectivity index (χ0n) is 19.9. The third kappa shape index (κ3) is 10.1. The van der Waals surface area contributed by atoms with E-state index < -0.39 is 8.32 Å². The molecule has 0 bridgehead atoms. The van der Waals surface area contributed by atoms with Crippen molar-refractivity contribution in [2.75, 3.05) is 6.54 Å². The zero-order valence-corrected chi connectivity index (χ0v) is 20.9. The first kappa shape index (κ1) is 27.1. The van der Waals surface area contributed by atoms with Crippen LogP contribution in [-0.2, 0) is 9.22 Å². The molecule has 0 aliphatic carbocycles. The van der Waals surface area contributed by atoms with Crippen LogP contribution < -0.4 is 5.32 Å². The lowest BCUT2D eigenvalue weighted by molar-refractivity contribution is -0.127. The first-order chi connectivity index (χ1) is 12.9. The van der Waals surface area contributed by atoms with Crippen LogP contribution in [0.5, 0.6) is 0 Å². The van der Waals surface area contributed by atoms with Gasteiger partial charge in [-0.2, -0.15) is 0 Å². The van der Waals surface area contributed by atoms with Gasteiger partial charge in [-0.15, -0.1) is 13.2 Å². The second-order valence-electron chi connectivity index (χ2n) is 10.1. The van der Waals surface area contributed by atoms with E-state index >= 15 is 0 Å². The van der Waals surface area contributed by atoms with Gasteiger partial charge in [0.2, 0.25) is 5.91 Å². The summed E-state index contributed by atoms with van der Waals surface area (Å²) in [5, 5.41) is 3.26. The second kappa shape index (κ2) is 12.6. The minimum Gasteiger partial charge on any atom is -0.413 e. The van der Waals surface area contributed by atoms with E-state index in [0.717, 1.165) is 38.6 Å². The molecule has 28 heavy (non-hydrogen) atoms. The maximum absolute atomic E-state index is 12.8. The molecule has 1 N–H and O–H groups in total. The number of carbonyl (C=O) groups excluding carboxylic acids is 1. The molecule has 0 aromatic rings. The van der Waals surface area contributed by atoms with Crippen molar-refractivity contribution >= 4 is 14.2 Å². The molecule has 4 atom stereocenters. The van der Waals surface area contributed by atoms with Gasteiger partial charge in [0, 0.05) is 6.54 Å². The van der Waals surface area contributed by atoms with Gasteiger partial charge in [-0.1, -0.05) is 53.7 Å².